The Morgan fingerprint density at radius 1 is 1.37 bits per heavy atom. The molecule has 2 rings (SSSR count). The molecule has 0 aliphatic rings. The molecule has 2 aromatic rings. The molecule has 19 heavy (non-hydrogen) atoms. The van der Waals surface area contributed by atoms with Crippen molar-refractivity contribution >= 4 is 28.3 Å². The summed E-state index contributed by atoms with van der Waals surface area (Å²) in [7, 11) is 0. The predicted molar refractivity (Wildman–Crippen MR) is 75.3 cm³/mol. The topological polar surface area (TPSA) is 75.1 Å². The zero-order valence-corrected chi connectivity index (χ0v) is 11.8. The first-order chi connectivity index (χ1) is 8.86. The summed E-state index contributed by atoms with van der Waals surface area (Å²) in [6, 6.07) is 3.14. The first kappa shape index (κ1) is 13.5. The number of hydrogen-bond donors (Lipinski definition) is 2. The van der Waals surface area contributed by atoms with Gasteiger partial charge < -0.3 is 10.4 Å². The molecule has 0 saturated carbocycles. The maximum Gasteiger partial charge on any atom is 0.337 e. The average Bonchev–Trinajstić information content (AvgIpc) is 2.78. The number of carboxylic acids is 1. The van der Waals surface area contributed by atoms with Crippen LogP contribution in [0.1, 0.15) is 36.8 Å². The van der Waals surface area contributed by atoms with Crippen molar-refractivity contribution in [3.63, 3.8) is 0 Å². The number of nitrogens with one attached hydrogen (secondary N) is 1. The Kier molecular flexibility index (Phi) is 3.53. The van der Waals surface area contributed by atoms with Gasteiger partial charge in [0, 0.05) is 17.0 Å². The third-order valence-electron chi connectivity index (χ3n) is 2.52. The molecule has 0 aliphatic carbocycles. The lowest BCUT2D eigenvalue weighted by Crippen LogP contribution is -2.11. The van der Waals surface area contributed by atoms with Crippen LogP contribution < -0.4 is 5.32 Å². The van der Waals surface area contributed by atoms with Crippen LogP contribution in [0.25, 0.3) is 0 Å². The highest BCUT2D eigenvalue weighted by molar-refractivity contribution is 7.13. The average molecular weight is 277 g/mol. The number of thiazole rings is 1. The van der Waals surface area contributed by atoms with Crippen molar-refractivity contribution in [1.82, 2.24) is 9.97 Å². The van der Waals surface area contributed by atoms with Gasteiger partial charge in [0.15, 0.2) is 5.13 Å². The molecule has 0 saturated heterocycles. The monoisotopic (exact) mass is 277 g/mol. The molecule has 0 radical (unpaired) electrons. The van der Waals surface area contributed by atoms with Gasteiger partial charge in [-0.2, -0.15) is 0 Å². The third kappa shape index (κ3) is 3.29. The SMILES string of the molecule is CC(C)(C)c1csc(Nc2ccc(C(=O)O)cn2)n1. The van der Waals surface area contributed by atoms with Crippen molar-refractivity contribution in [3.05, 3.63) is 35.0 Å². The van der Waals surface area contributed by atoms with E-state index in [2.05, 4.69) is 36.1 Å². The quantitative estimate of drug-likeness (QED) is 0.900. The zero-order valence-electron chi connectivity index (χ0n) is 11.0. The largest absolute Gasteiger partial charge is 0.478 e. The summed E-state index contributed by atoms with van der Waals surface area (Å²) >= 11 is 1.50. The Morgan fingerprint density at radius 3 is 2.58 bits per heavy atom. The van der Waals surface area contributed by atoms with Crippen molar-refractivity contribution < 1.29 is 9.90 Å². The Morgan fingerprint density at radius 2 is 2.11 bits per heavy atom. The first-order valence-electron chi connectivity index (χ1n) is 5.78. The van der Waals surface area contributed by atoms with E-state index in [1.165, 1.54) is 23.6 Å². The van der Waals surface area contributed by atoms with Crippen LogP contribution >= 0.6 is 11.3 Å². The van der Waals surface area contributed by atoms with E-state index in [9.17, 15) is 4.79 Å². The van der Waals surface area contributed by atoms with Gasteiger partial charge in [-0.3, -0.25) is 0 Å². The van der Waals surface area contributed by atoms with E-state index in [1.54, 1.807) is 6.07 Å². The van der Waals surface area contributed by atoms with Gasteiger partial charge in [0.1, 0.15) is 5.82 Å². The number of rotatable bonds is 3. The van der Waals surface area contributed by atoms with Crippen molar-refractivity contribution in [1.29, 1.82) is 0 Å². The Labute approximate surface area is 115 Å². The summed E-state index contributed by atoms with van der Waals surface area (Å²) in [5, 5.41) is 14.6. The molecular weight excluding hydrogens is 262 g/mol. The van der Waals surface area contributed by atoms with Gasteiger partial charge in [-0.25, -0.2) is 14.8 Å². The molecule has 100 valence electrons. The van der Waals surface area contributed by atoms with E-state index < -0.39 is 5.97 Å². The minimum absolute atomic E-state index is 0.0109. The molecular formula is C13H15N3O2S. The van der Waals surface area contributed by atoms with Gasteiger partial charge in [0.2, 0.25) is 0 Å². The van der Waals surface area contributed by atoms with Gasteiger partial charge in [-0.05, 0) is 12.1 Å². The van der Waals surface area contributed by atoms with Crippen molar-refractivity contribution in [2.45, 2.75) is 26.2 Å². The molecule has 0 unspecified atom stereocenters. The summed E-state index contributed by atoms with van der Waals surface area (Å²) in [5.41, 5.74) is 1.19. The number of carbonyl (C=O) groups is 1. The van der Waals surface area contributed by atoms with Crippen LogP contribution in [0.4, 0.5) is 10.9 Å². The van der Waals surface area contributed by atoms with E-state index >= 15 is 0 Å². The second-order valence-electron chi connectivity index (χ2n) is 5.15. The summed E-state index contributed by atoms with van der Waals surface area (Å²) in [6.45, 7) is 6.31. The number of pyridine rings is 1. The van der Waals surface area contributed by atoms with E-state index in [1.807, 2.05) is 5.38 Å². The fraction of sp³-hybridized carbons (Fsp3) is 0.308. The fourth-order valence-corrected chi connectivity index (χ4v) is 2.32. The highest BCUT2D eigenvalue weighted by Gasteiger charge is 2.17. The summed E-state index contributed by atoms with van der Waals surface area (Å²) in [6.07, 6.45) is 1.32. The lowest BCUT2D eigenvalue weighted by molar-refractivity contribution is 0.0696. The minimum Gasteiger partial charge on any atom is -0.478 e. The maximum absolute atomic E-state index is 10.7. The molecule has 6 heteroatoms. The molecule has 0 bridgehead atoms. The van der Waals surface area contributed by atoms with Crippen LogP contribution in [0.15, 0.2) is 23.7 Å². The fourth-order valence-electron chi connectivity index (χ4n) is 1.38. The molecule has 5 nitrogen and oxygen atoms in total. The first-order valence-corrected chi connectivity index (χ1v) is 6.66. The maximum atomic E-state index is 10.7. The third-order valence-corrected chi connectivity index (χ3v) is 3.28. The van der Waals surface area contributed by atoms with Gasteiger partial charge in [0.25, 0.3) is 0 Å². The number of hydrogen-bond acceptors (Lipinski definition) is 5. The van der Waals surface area contributed by atoms with Crippen molar-refractivity contribution in [2.24, 2.45) is 0 Å². The molecule has 2 heterocycles. The normalized spacial score (nSPS) is 11.3. The zero-order chi connectivity index (χ0) is 14.0. The number of nitrogens with zero attached hydrogens (tertiary/aromatic N) is 2. The van der Waals surface area contributed by atoms with E-state index in [-0.39, 0.29) is 11.0 Å². The lowest BCUT2D eigenvalue weighted by Gasteiger charge is -2.14. The summed E-state index contributed by atoms with van der Waals surface area (Å²) in [4.78, 5) is 19.2. The predicted octanol–water partition coefficient (Wildman–Crippen LogP) is 3.28. The molecule has 0 fully saturated rings. The van der Waals surface area contributed by atoms with Crippen LogP contribution in [0.2, 0.25) is 0 Å². The van der Waals surface area contributed by atoms with E-state index in [0.717, 1.165) is 10.8 Å². The van der Waals surface area contributed by atoms with E-state index in [4.69, 9.17) is 5.11 Å². The molecule has 0 atom stereocenters. The minimum atomic E-state index is -0.983. The standard InChI is InChI=1S/C13H15N3O2S/c1-13(2,3)9-7-19-12(15-9)16-10-5-4-8(6-14-10)11(17)18/h4-7H,1-3H3,(H,17,18)(H,14,15,16). The number of carboxylic acid groups (broad SMARTS) is 1. The summed E-state index contributed by atoms with van der Waals surface area (Å²) in [5.74, 6) is -0.400. The molecule has 0 aliphatic heterocycles. The number of aromatic nitrogens is 2. The molecule has 2 N–H and O–H groups in total. The van der Waals surface area contributed by atoms with Gasteiger partial charge in [-0.1, -0.05) is 20.8 Å². The van der Waals surface area contributed by atoms with Crippen molar-refractivity contribution in [2.75, 3.05) is 5.32 Å². The second-order valence-corrected chi connectivity index (χ2v) is 6.01. The lowest BCUT2D eigenvalue weighted by atomic mass is 9.93. The molecule has 0 aromatic carbocycles. The number of anilines is 2. The van der Waals surface area contributed by atoms with Crippen LogP contribution in [0.5, 0.6) is 0 Å². The van der Waals surface area contributed by atoms with E-state index in [0.29, 0.717) is 5.82 Å². The van der Waals surface area contributed by atoms with Crippen LogP contribution in [0.3, 0.4) is 0 Å². The van der Waals surface area contributed by atoms with Crippen LogP contribution in [-0.2, 0) is 5.41 Å². The smallest absolute Gasteiger partial charge is 0.337 e. The Balaban J connectivity index is 2.13. The van der Waals surface area contributed by atoms with Gasteiger partial charge in [-0.15, -0.1) is 11.3 Å². The molecule has 0 amide bonds. The van der Waals surface area contributed by atoms with Crippen LogP contribution in [0, 0.1) is 0 Å². The summed E-state index contributed by atoms with van der Waals surface area (Å²) < 4.78 is 0. The highest BCUT2D eigenvalue weighted by Crippen LogP contribution is 2.27. The second kappa shape index (κ2) is 4.97. The highest BCUT2D eigenvalue weighted by atomic mass is 32.1. The molecule has 0 spiro atoms. The van der Waals surface area contributed by atoms with Gasteiger partial charge in [0.05, 0.1) is 11.3 Å². The number of aromatic carboxylic acids is 1. The van der Waals surface area contributed by atoms with Gasteiger partial charge >= 0.3 is 5.97 Å². The Hall–Kier alpha value is -1.95. The molecule has 2 aromatic heterocycles. The van der Waals surface area contributed by atoms with Crippen molar-refractivity contribution in [3.8, 4) is 0 Å². The Bertz CT molecular complexity index is 585. The van der Waals surface area contributed by atoms with Crippen LogP contribution in [-0.4, -0.2) is 21.0 Å².